The van der Waals surface area contributed by atoms with Gasteiger partial charge >= 0.3 is 0 Å². The predicted octanol–water partition coefficient (Wildman–Crippen LogP) is 5.20. The molecular formula is C13H9BrI3NO2S. The highest BCUT2D eigenvalue weighted by Crippen LogP contribution is 2.29. The molecule has 0 fully saturated rings. The molecule has 0 bridgehead atoms. The molecule has 0 heterocycles. The molecule has 0 aromatic heterocycles. The summed E-state index contributed by atoms with van der Waals surface area (Å²) in [7, 11) is -3.57. The predicted molar refractivity (Wildman–Crippen MR) is 114 cm³/mol. The van der Waals surface area contributed by atoms with E-state index in [1.807, 2.05) is 12.1 Å². The van der Waals surface area contributed by atoms with Crippen LogP contribution in [-0.2, 0) is 15.4 Å². The van der Waals surface area contributed by atoms with E-state index in [2.05, 4.69) is 88.4 Å². The molecule has 2 aromatic carbocycles. The normalized spacial score (nSPS) is 11.4. The van der Waals surface area contributed by atoms with Gasteiger partial charge in [0.1, 0.15) is 0 Å². The summed E-state index contributed by atoms with van der Waals surface area (Å²) >= 11 is 9.84. The number of alkyl halides is 1. The first-order valence-electron chi connectivity index (χ1n) is 5.66. The van der Waals surface area contributed by atoms with Crippen LogP contribution in [0, 0.1) is 10.7 Å². The Morgan fingerprint density at radius 2 is 1.52 bits per heavy atom. The van der Waals surface area contributed by atoms with Crippen LogP contribution in [0.25, 0.3) is 0 Å². The summed E-state index contributed by atoms with van der Waals surface area (Å²) in [6.07, 6.45) is 0. The maximum atomic E-state index is 12.5. The topological polar surface area (TPSA) is 46.2 Å². The molecule has 0 spiro atoms. The zero-order valence-corrected chi connectivity index (χ0v) is 19.3. The van der Waals surface area contributed by atoms with Crippen LogP contribution in [0.2, 0.25) is 0 Å². The van der Waals surface area contributed by atoms with Crippen molar-refractivity contribution in [2.75, 3.05) is 4.72 Å². The SMILES string of the molecule is O=S(=O)(Nc1c(I)cc(I)cc1I)c1ccc(CBr)cc1. The molecule has 0 unspecified atom stereocenters. The van der Waals surface area contributed by atoms with Gasteiger partial charge in [-0.25, -0.2) is 8.42 Å². The lowest BCUT2D eigenvalue weighted by molar-refractivity contribution is 0.601. The monoisotopic (exact) mass is 703 g/mol. The molecule has 0 aliphatic heterocycles. The van der Waals surface area contributed by atoms with Gasteiger partial charge in [0.15, 0.2) is 0 Å². The van der Waals surface area contributed by atoms with Gasteiger partial charge in [-0.05, 0) is 97.6 Å². The van der Waals surface area contributed by atoms with Crippen molar-refractivity contribution in [2.45, 2.75) is 10.2 Å². The number of hydrogen-bond donors (Lipinski definition) is 1. The number of halogens is 4. The van der Waals surface area contributed by atoms with E-state index in [1.165, 1.54) is 0 Å². The molecule has 0 atom stereocenters. The number of benzene rings is 2. The molecule has 0 radical (unpaired) electrons. The van der Waals surface area contributed by atoms with E-state index in [1.54, 1.807) is 24.3 Å². The summed E-state index contributed by atoms with van der Waals surface area (Å²) in [4.78, 5) is 0.261. The number of hydrogen-bond acceptors (Lipinski definition) is 2. The number of sulfonamides is 1. The van der Waals surface area contributed by atoms with Crippen LogP contribution in [-0.4, -0.2) is 8.42 Å². The minimum Gasteiger partial charge on any atom is -0.277 e. The Kier molecular flexibility index (Phi) is 6.60. The first-order chi connectivity index (χ1) is 9.83. The van der Waals surface area contributed by atoms with Crippen LogP contribution in [0.4, 0.5) is 5.69 Å². The Labute approximate surface area is 173 Å². The second kappa shape index (κ2) is 7.62. The fourth-order valence-corrected chi connectivity index (χ4v) is 7.28. The Balaban J connectivity index is 2.37. The minimum atomic E-state index is -3.57. The smallest absolute Gasteiger partial charge is 0.261 e. The quantitative estimate of drug-likeness (QED) is 0.352. The molecule has 2 aromatic rings. The Morgan fingerprint density at radius 3 is 2.00 bits per heavy atom. The Morgan fingerprint density at radius 1 is 1.00 bits per heavy atom. The maximum absolute atomic E-state index is 12.5. The van der Waals surface area contributed by atoms with Crippen LogP contribution in [0.15, 0.2) is 41.3 Å². The van der Waals surface area contributed by atoms with E-state index in [-0.39, 0.29) is 4.90 Å². The van der Waals surface area contributed by atoms with Crippen LogP contribution in [0.5, 0.6) is 0 Å². The van der Waals surface area contributed by atoms with Crippen molar-refractivity contribution in [3.63, 3.8) is 0 Å². The first-order valence-corrected chi connectivity index (χ1v) is 11.5. The highest BCUT2D eigenvalue weighted by molar-refractivity contribution is 14.1. The van der Waals surface area contributed by atoms with Crippen LogP contribution < -0.4 is 4.72 Å². The van der Waals surface area contributed by atoms with Crippen LogP contribution in [0.3, 0.4) is 0 Å². The molecule has 112 valence electrons. The first kappa shape index (κ1) is 18.2. The van der Waals surface area contributed by atoms with Gasteiger partial charge in [-0.1, -0.05) is 28.1 Å². The third-order valence-electron chi connectivity index (χ3n) is 2.63. The molecule has 0 aliphatic rings. The number of nitrogens with one attached hydrogen (secondary N) is 1. The second-order valence-electron chi connectivity index (χ2n) is 4.13. The van der Waals surface area contributed by atoms with Crippen LogP contribution >= 0.6 is 83.7 Å². The highest BCUT2D eigenvalue weighted by Gasteiger charge is 2.17. The molecule has 1 N–H and O–H groups in total. The van der Waals surface area contributed by atoms with Crippen LogP contribution in [0.1, 0.15) is 5.56 Å². The standard InChI is InChI=1S/C13H9BrI3NO2S/c14-7-8-1-3-10(4-2-8)21(19,20)18-13-11(16)5-9(15)6-12(13)17/h1-6,18H,7H2. The van der Waals surface area contributed by atoms with Crippen molar-refractivity contribution in [2.24, 2.45) is 0 Å². The van der Waals surface area contributed by atoms with Crippen molar-refractivity contribution in [1.82, 2.24) is 0 Å². The third-order valence-corrected chi connectivity index (χ3v) is 6.97. The molecule has 0 amide bonds. The zero-order valence-electron chi connectivity index (χ0n) is 10.4. The lowest BCUT2D eigenvalue weighted by Gasteiger charge is -2.12. The van der Waals surface area contributed by atoms with Crippen molar-refractivity contribution < 1.29 is 8.42 Å². The molecule has 0 saturated carbocycles. The van der Waals surface area contributed by atoms with Crippen molar-refractivity contribution in [1.29, 1.82) is 0 Å². The van der Waals surface area contributed by atoms with E-state index < -0.39 is 10.0 Å². The molecule has 2 rings (SSSR count). The van der Waals surface area contributed by atoms with E-state index in [0.717, 1.165) is 16.3 Å². The minimum absolute atomic E-state index is 0.261. The Hall–Kier alpha value is 0.860. The van der Waals surface area contributed by atoms with Gasteiger partial charge in [0, 0.05) is 16.0 Å². The summed E-state index contributed by atoms with van der Waals surface area (Å²) < 4.78 is 30.4. The summed E-state index contributed by atoms with van der Waals surface area (Å²) in [6, 6.07) is 10.7. The van der Waals surface area contributed by atoms with Gasteiger partial charge in [0.05, 0.1) is 10.6 Å². The van der Waals surface area contributed by atoms with Crippen molar-refractivity contribution in [3.05, 3.63) is 52.7 Å². The number of rotatable bonds is 4. The third kappa shape index (κ3) is 4.67. The molecule has 3 nitrogen and oxygen atoms in total. The van der Waals surface area contributed by atoms with E-state index in [4.69, 9.17) is 0 Å². The Bertz CT molecular complexity index is 740. The van der Waals surface area contributed by atoms with E-state index >= 15 is 0 Å². The fourth-order valence-electron chi connectivity index (χ4n) is 1.59. The lowest BCUT2D eigenvalue weighted by atomic mass is 10.2. The van der Waals surface area contributed by atoms with Gasteiger partial charge in [-0.2, -0.15) is 0 Å². The van der Waals surface area contributed by atoms with E-state index in [0.29, 0.717) is 11.0 Å². The summed E-state index contributed by atoms with van der Waals surface area (Å²) in [5.41, 5.74) is 1.66. The maximum Gasteiger partial charge on any atom is 0.261 e. The average molecular weight is 704 g/mol. The number of anilines is 1. The van der Waals surface area contributed by atoms with Gasteiger partial charge in [-0.3, -0.25) is 4.72 Å². The molecule has 0 aliphatic carbocycles. The highest BCUT2D eigenvalue weighted by atomic mass is 127. The average Bonchev–Trinajstić information content (AvgIpc) is 2.43. The fraction of sp³-hybridized carbons (Fsp3) is 0.0769. The summed E-state index contributed by atoms with van der Waals surface area (Å²) in [5.74, 6) is 0. The molecule has 8 heteroatoms. The van der Waals surface area contributed by atoms with Gasteiger partial charge < -0.3 is 0 Å². The summed E-state index contributed by atoms with van der Waals surface area (Å²) in [5, 5.41) is 0.702. The largest absolute Gasteiger partial charge is 0.277 e. The molecular weight excluding hydrogens is 695 g/mol. The molecule has 21 heavy (non-hydrogen) atoms. The zero-order chi connectivity index (χ0) is 15.6. The lowest BCUT2D eigenvalue weighted by Crippen LogP contribution is -2.15. The summed E-state index contributed by atoms with van der Waals surface area (Å²) in [6.45, 7) is 0. The van der Waals surface area contributed by atoms with E-state index in [9.17, 15) is 8.42 Å². The second-order valence-corrected chi connectivity index (χ2v) is 9.94. The van der Waals surface area contributed by atoms with Crippen molar-refractivity contribution in [3.8, 4) is 0 Å². The van der Waals surface area contributed by atoms with Gasteiger partial charge in [-0.15, -0.1) is 0 Å². The van der Waals surface area contributed by atoms with Gasteiger partial charge in [0.2, 0.25) is 0 Å². The van der Waals surface area contributed by atoms with Gasteiger partial charge in [0.25, 0.3) is 10.0 Å². The molecule has 0 saturated heterocycles. The van der Waals surface area contributed by atoms with Crippen molar-refractivity contribution >= 4 is 99.4 Å².